The number of quaternary nitrogens is 1. The first kappa shape index (κ1) is 39.8. The van der Waals surface area contributed by atoms with Crippen LogP contribution in [0.5, 0.6) is 0 Å². The Hall–Kier alpha value is 0.661. The van der Waals surface area contributed by atoms with Crippen molar-refractivity contribution in [1.29, 1.82) is 0 Å². The van der Waals surface area contributed by atoms with Gasteiger partial charge in [0.05, 0.1) is 27.2 Å². The maximum atomic E-state index is 10.7. The molecule has 0 saturated heterocycles. The Balaban J connectivity index is 0. The Morgan fingerprint density at radius 2 is 1.05 bits per heavy atom. The van der Waals surface area contributed by atoms with Gasteiger partial charge in [-0.3, -0.25) is 0 Å². The quantitative estimate of drug-likeness (QED) is 0.0856. The number of unbranched alkanes of at least 4 members (excludes halogenated alkanes) is 15. The van der Waals surface area contributed by atoms with Gasteiger partial charge in [-0.25, -0.2) is 0 Å². The second kappa shape index (κ2) is 24.5. The molecular formula is C26H60ClNO6Si3. The summed E-state index contributed by atoms with van der Waals surface area (Å²) in [7, 11) is -0.146. The van der Waals surface area contributed by atoms with Crippen molar-refractivity contribution in [1.82, 2.24) is 0 Å². The summed E-state index contributed by atoms with van der Waals surface area (Å²) < 4.78 is 21.9. The second-order valence-electron chi connectivity index (χ2n) is 10.8. The summed E-state index contributed by atoms with van der Waals surface area (Å²) in [6.45, 7) is 6.10. The van der Waals surface area contributed by atoms with Crippen LogP contribution in [0.25, 0.3) is 0 Å². The van der Waals surface area contributed by atoms with Gasteiger partial charge in [0, 0.05) is 26.7 Å². The van der Waals surface area contributed by atoms with Crippen LogP contribution in [0.3, 0.4) is 0 Å². The predicted molar refractivity (Wildman–Crippen MR) is 155 cm³/mol. The zero-order valence-corrected chi connectivity index (χ0v) is 28.8. The van der Waals surface area contributed by atoms with E-state index in [0.717, 1.165) is 24.0 Å². The summed E-state index contributed by atoms with van der Waals surface area (Å²) in [5.74, 6) is 0. The van der Waals surface area contributed by atoms with Crippen molar-refractivity contribution in [2.45, 2.75) is 129 Å². The molecule has 0 fully saturated rings. The molecule has 2 N–H and O–H groups in total. The molecule has 0 aromatic heterocycles. The molecule has 2 radical (unpaired) electrons. The van der Waals surface area contributed by atoms with E-state index in [1.807, 2.05) is 0 Å². The molecule has 0 aromatic carbocycles. The summed E-state index contributed by atoms with van der Waals surface area (Å²) in [6.07, 6.45) is 23.0. The van der Waals surface area contributed by atoms with Gasteiger partial charge in [-0.1, -0.05) is 96.8 Å². The minimum absolute atomic E-state index is 0. The number of hydrogen-bond acceptors (Lipinski definition) is 6. The van der Waals surface area contributed by atoms with Crippen molar-refractivity contribution in [2.24, 2.45) is 0 Å². The van der Waals surface area contributed by atoms with Gasteiger partial charge in [0.15, 0.2) is 0 Å². The molecule has 11 heteroatoms. The molecule has 7 nitrogen and oxygen atoms in total. The number of rotatable bonds is 27. The van der Waals surface area contributed by atoms with Gasteiger partial charge in [0.1, 0.15) is 0 Å². The molecule has 0 heterocycles. The number of nitrogens with zero attached hydrogens (tertiary/aromatic N) is 1. The molecule has 37 heavy (non-hydrogen) atoms. The molecule has 0 bridgehead atoms. The first-order valence-corrected chi connectivity index (χ1v) is 19.6. The third-order valence-corrected chi connectivity index (χ3v) is 13.3. The standard InChI is InChI=1S/C26H60NO6Si3.ClH/c1-7-8-9-10-11-12-13-14-15-16-17-18-19-20-21-22-24-27(2,3)25-23-26-35(28,30-4)33-36(29,31-5)32-34-6;/h28-29H,7-26H2,1-6H3;1H/q+1;/p-1. The van der Waals surface area contributed by atoms with Gasteiger partial charge in [0.2, 0.25) is 9.76 Å². The number of halogens is 1. The average molecular weight is 602 g/mol. The fourth-order valence-corrected chi connectivity index (χ4v) is 9.96. The zero-order valence-electron chi connectivity index (χ0n) is 25.0. The van der Waals surface area contributed by atoms with Crippen LogP contribution in [0.15, 0.2) is 0 Å². The summed E-state index contributed by atoms with van der Waals surface area (Å²) in [5.41, 5.74) is 0. The normalized spacial score (nSPS) is 15.2. The monoisotopic (exact) mass is 601 g/mol. The highest BCUT2D eigenvalue weighted by Gasteiger charge is 2.51. The van der Waals surface area contributed by atoms with Crippen molar-refractivity contribution in [2.75, 3.05) is 41.4 Å². The van der Waals surface area contributed by atoms with E-state index in [1.54, 1.807) is 6.55 Å². The summed E-state index contributed by atoms with van der Waals surface area (Å²) in [4.78, 5) is 21.1. The van der Waals surface area contributed by atoms with Crippen LogP contribution in [0.4, 0.5) is 0 Å². The zero-order chi connectivity index (χ0) is 27.2. The highest BCUT2D eigenvalue weighted by atomic mass is 35.5. The van der Waals surface area contributed by atoms with Crippen molar-refractivity contribution in [3.63, 3.8) is 0 Å². The van der Waals surface area contributed by atoms with E-state index in [-0.39, 0.29) is 22.2 Å². The molecular weight excluding hydrogens is 542 g/mol. The molecule has 0 amide bonds. The van der Waals surface area contributed by atoms with Crippen LogP contribution >= 0.6 is 0 Å². The third-order valence-electron chi connectivity index (χ3n) is 6.97. The molecule has 0 aromatic rings. The SMILES string of the molecule is CCCCCCCCCCCCCCCCCC[N+](C)(C)CCC[Si](O)(OC)O[Si](O)(OC)O[Si]C.[Cl-]. The lowest BCUT2D eigenvalue weighted by Gasteiger charge is -2.32. The molecule has 0 rings (SSSR count). The maximum Gasteiger partial charge on any atom is 0.658 e. The van der Waals surface area contributed by atoms with Gasteiger partial charge in [-0.05, 0) is 19.4 Å². The molecule has 0 spiro atoms. The lowest BCUT2D eigenvalue weighted by Crippen LogP contribution is -3.00. The van der Waals surface area contributed by atoms with Crippen LogP contribution < -0.4 is 12.4 Å². The van der Waals surface area contributed by atoms with Gasteiger partial charge in [-0.15, -0.1) is 0 Å². The molecule has 0 saturated carbocycles. The summed E-state index contributed by atoms with van der Waals surface area (Å²) >= 11 is 0. The van der Waals surface area contributed by atoms with Gasteiger partial charge in [-0.2, -0.15) is 0 Å². The van der Waals surface area contributed by atoms with Gasteiger partial charge < -0.3 is 43.6 Å². The van der Waals surface area contributed by atoms with E-state index in [1.165, 1.54) is 117 Å². The molecule has 0 aliphatic heterocycles. The van der Waals surface area contributed by atoms with Gasteiger partial charge in [0.25, 0.3) is 0 Å². The lowest BCUT2D eigenvalue weighted by molar-refractivity contribution is -0.890. The molecule has 0 aliphatic rings. The Morgan fingerprint density at radius 3 is 1.43 bits per heavy atom. The Labute approximate surface area is 240 Å². The maximum absolute atomic E-state index is 10.7. The highest BCUT2D eigenvalue weighted by Crippen LogP contribution is 2.20. The van der Waals surface area contributed by atoms with Crippen molar-refractivity contribution >= 4 is 27.6 Å². The number of hydrogen-bond donors (Lipinski definition) is 2. The first-order chi connectivity index (χ1) is 17.2. The topological polar surface area (TPSA) is 77.4 Å². The average Bonchev–Trinajstić information content (AvgIpc) is 2.83. The Bertz CT molecular complexity index is 513. The molecule has 2 atom stereocenters. The Morgan fingerprint density at radius 1 is 0.649 bits per heavy atom. The minimum Gasteiger partial charge on any atom is -1.00 e. The molecule has 224 valence electrons. The van der Waals surface area contributed by atoms with Crippen molar-refractivity contribution in [3.05, 3.63) is 0 Å². The molecule has 2 unspecified atom stereocenters. The summed E-state index contributed by atoms with van der Waals surface area (Å²) in [6, 6.07) is 0.374. The van der Waals surface area contributed by atoms with E-state index in [0.29, 0.717) is 6.04 Å². The van der Waals surface area contributed by atoms with E-state index in [4.69, 9.17) is 17.1 Å². The minimum atomic E-state index is -3.84. The van der Waals surface area contributed by atoms with E-state index in [9.17, 15) is 9.59 Å². The van der Waals surface area contributed by atoms with Crippen LogP contribution in [0.1, 0.15) is 116 Å². The van der Waals surface area contributed by atoms with Crippen LogP contribution in [-0.4, -0.2) is 83.1 Å². The third kappa shape index (κ3) is 23.1. The second-order valence-corrected chi connectivity index (χ2v) is 16.7. The first-order valence-electron chi connectivity index (χ1n) is 14.6. The fraction of sp³-hybridized carbons (Fsp3) is 1.00. The van der Waals surface area contributed by atoms with Crippen molar-refractivity contribution in [3.8, 4) is 0 Å². The fourth-order valence-electron chi connectivity index (χ4n) is 4.56. The van der Waals surface area contributed by atoms with E-state index < -0.39 is 17.9 Å². The van der Waals surface area contributed by atoms with E-state index >= 15 is 0 Å². The largest absolute Gasteiger partial charge is 1.00 e. The highest BCUT2D eigenvalue weighted by molar-refractivity contribution is 6.72. The Kier molecular flexibility index (Phi) is 26.3. The van der Waals surface area contributed by atoms with Crippen LogP contribution in [-0.2, 0) is 17.1 Å². The van der Waals surface area contributed by atoms with Gasteiger partial charge >= 0.3 is 17.9 Å². The summed E-state index contributed by atoms with van der Waals surface area (Å²) in [5, 5.41) is 0. The van der Waals surface area contributed by atoms with E-state index in [2.05, 4.69) is 21.0 Å². The predicted octanol–water partition coefficient (Wildman–Crippen LogP) is 3.07. The molecule has 0 aliphatic carbocycles. The van der Waals surface area contributed by atoms with Crippen LogP contribution in [0.2, 0.25) is 12.6 Å². The van der Waals surface area contributed by atoms with Crippen molar-refractivity contribution < 1.29 is 43.6 Å². The smallest absolute Gasteiger partial charge is 0.658 e. The van der Waals surface area contributed by atoms with Crippen LogP contribution in [0, 0.1) is 0 Å². The lowest BCUT2D eigenvalue weighted by atomic mass is 10.0.